The van der Waals surface area contributed by atoms with Crippen LogP contribution in [-0.2, 0) is 23.7 Å². The second-order valence-electron chi connectivity index (χ2n) is 20.7. The van der Waals surface area contributed by atoms with Gasteiger partial charge in [-0.3, -0.25) is 0 Å². The van der Waals surface area contributed by atoms with Gasteiger partial charge in [-0.15, -0.1) is 0 Å². The number of rotatable bonds is 17. The fourth-order valence-electron chi connectivity index (χ4n) is 8.93. The summed E-state index contributed by atoms with van der Waals surface area (Å²) in [6.45, 7) is -1.46. The minimum absolute atomic E-state index is 0.396. The summed E-state index contributed by atoms with van der Waals surface area (Å²) < 4.78 is 48.2. The molecule has 100 heavy (non-hydrogen) atoms. The zero-order chi connectivity index (χ0) is 73.4. The number of carbonyl (C=O) groups is 8. The van der Waals surface area contributed by atoms with E-state index in [-0.39, 0.29) is 0 Å². The molecule has 1 saturated heterocycles. The number of ether oxygens (including phenoxy) is 9. The first-order valence-electron chi connectivity index (χ1n) is 27.3. The molecule has 1 aliphatic rings. The molecule has 1 unspecified atom stereocenters. The Bertz CT molecular complexity index is 4650. The maximum Gasteiger partial charge on any atom is 0.343 e. The zero-order valence-electron chi connectivity index (χ0n) is 49.2. The van der Waals surface area contributed by atoms with Crippen LogP contribution in [-0.4, -0.2) is 192 Å². The smallest absolute Gasteiger partial charge is 0.343 e. The maximum absolute atomic E-state index is 14.6. The van der Waals surface area contributed by atoms with E-state index in [0.29, 0.717) is 97.1 Å². The van der Waals surface area contributed by atoms with Gasteiger partial charge in [-0.2, -0.15) is 0 Å². The average Bonchev–Trinajstić information content (AvgIpc) is 0.779. The van der Waals surface area contributed by atoms with E-state index in [1.165, 1.54) is 0 Å². The highest BCUT2D eigenvalue weighted by Gasteiger charge is 2.53. The molecule has 9 rings (SSSR count). The number of aromatic hydroxyl groups is 20. The van der Waals surface area contributed by atoms with Gasteiger partial charge >= 0.3 is 47.8 Å². The van der Waals surface area contributed by atoms with Crippen LogP contribution >= 0.6 is 0 Å². The maximum atomic E-state index is 14.6. The second kappa shape index (κ2) is 27.4. The van der Waals surface area contributed by atoms with Crippen LogP contribution in [0.3, 0.4) is 0 Å². The van der Waals surface area contributed by atoms with Crippen LogP contribution in [0.5, 0.6) is 138 Å². The van der Waals surface area contributed by atoms with Gasteiger partial charge in [0, 0.05) is 0 Å². The van der Waals surface area contributed by atoms with Gasteiger partial charge in [-0.25, -0.2) is 38.4 Å². The summed E-state index contributed by atoms with van der Waals surface area (Å²) in [6.07, 6.45) is -13.5. The lowest BCUT2D eigenvalue weighted by molar-refractivity contribution is -0.284. The van der Waals surface area contributed by atoms with Crippen molar-refractivity contribution in [1.29, 1.82) is 0 Å². The molecule has 8 aromatic carbocycles. The van der Waals surface area contributed by atoms with Crippen molar-refractivity contribution < 1.29 is 188 Å². The number of phenols is 20. The Morgan fingerprint density at radius 3 is 0.710 bits per heavy atom. The number of aliphatic hydroxyl groups excluding tert-OH is 1. The van der Waals surface area contributed by atoms with Crippen LogP contribution in [0.2, 0.25) is 0 Å². The third kappa shape index (κ3) is 14.4. The first-order chi connectivity index (χ1) is 47.0. The topological polar surface area (TPSA) is 644 Å². The van der Waals surface area contributed by atoms with Crippen LogP contribution < -0.4 is 18.9 Å². The van der Waals surface area contributed by atoms with E-state index in [2.05, 4.69) is 0 Å². The molecule has 0 saturated carbocycles. The van der Waals surface area contributed by atoms with Gasteiger partial charge in [0.15, 0.2) is 140 Å². The van der Waals surface area contributed by atoms with Gasteiger partial charge < -0.3 is 150 Å². The first kappa shape index (κ1) is 69.8. The monoisotopic (exact) mass is 1400 g/mol. The summed E-state index contributed by atoms with van der Waals surface area (Å²) in [5.74, 6) is -41.4. The Morgan fingerprint density at radius 2 is 0.460 bits per heavy atom. The molecule has 1 heterocycles. The molecular weight excluding hydrogens is 1350 g/mol. The number of esters is 8. The van der Waals surface area contributed by atoms with E-state index in [9.17, 15) is 146 Å². The molecule has 0 aromatic heterocycles. The molecule has 8 aromatic rings. The summed E-state index contributed by atoms with van der Waals surface area (Å²) >= 11 is 0. The molecule has 38 heteroatoms. The molecule has 38 nitrogen and oxygen atoms in total. The number of aliphatic hydroxyl groups is 1. The fourth-order valence-corrected chi connectivity index (χ4v) is 8.93. The highest BCUT2D eigenvalue weighted by Crippen LogP contribution is 2.46. The van der Waals surface area contributed by atoms with Gasteiger partial charge in [0.2, 0.25) is 23.0 Å². The standard InChI is InChI=1S/C62H44O38/c63-26-1-18(2-27(64)43(26)75)55(84)93-38-13-22(9-34(71)47(38)79)54(83)92-17-42-51(98-59(88)23-10-35(72)48(80)39(14-23)94-56(85)19-3-28(65)44(76)29(66)4-19)52(99-60(89)24-11-36(73)49(81)40(15-24)95-57(86)20-5-30(67)45(77)31(68)6-20)53(62(91)97-42)100-61(90)25-12-37(74)50(82)41(16-25)96-58(87)21-7-32(69)46(78)33(70)8-21/h1-16,42,51-53,62-82,91H,17H2/t42-,51-,52+,53-,62?/m1/s1. The van der Waals surface area contributed by atoms with Crippen LogP contribution in [0.25, 0.3) is 0 Å². The minimum Gasteiger partial charge on any atom is -0.504 e. The lowest BCUT2D eigenvalue weighted by Gasteiger charge is -2.42. The summed E-state index contributed by atoms with van der Waals surface area (Å²) in [6, 6.07) is 8.12. The summed E-state index contributed by atoms with van der Waals surface area (Å²) in [5.41, 5.74) is -6.92. The molecule has 1 aliphatic heterocycles. The predicted molar refractivity (Wildman–Crippen MR) is 313 cm³/mol. The molecule has 0 aliphatic carbocycles. The van der Waals surface area contributed by atoms with Gasteiger partial charge in [-0.05, 0) is 97.1 Å². The third-order valence-corrected chi connectivity index (χ3v) is 13.9. The van der Waals surface area contributed by atoms with E-state index >= 15 is 0 Å². The molecule has 0 bridgehead atoms. The lowest BCUT2D eigenvalue weighted by Crippen LogP contribution is -2.62. The van der Waals surface area contributed by atoms with Crippen LogP contribution in [0.1, 0.15) is 82.9 Å². The fraction of sp³-hybridized carbons (Fsp3) is 0.0968. The van der Waals surface area contributed by atoms with Crippen molar-refractivity contribution in [1.82, 2.24) is 0 Å². The molecule has 520 valence electrons. The first-order valence-corrected chi connectivity index (χ1v) is 27.3. The van der Waals surface area contributed by atoms with Crippen molar-refractivity contribution in [2.24, 2.45) is 0 Å². The van der Waals surface area contributed by atoms with Crippen molar-refractivity contribution in [2.45, 2.75) is 30.7 Å². The summed E-state index contributed by atoms with van der Waals surface area (Å²) in [5, 5.41) is 217. The number of carbonyl (C=O) groups excluding carboxylic acids is 8. The summed E-state index contributed by atoms with van der Waals surface area (Å²) in [7, 11) is 0. The van der Waals surface area contributed by atoms with Gasteiger partial charge in [-0.1, -0.05) is 0 Å². The van der Waals surface area contributed by atoms with Gasteiger partial charge in [0.25, 0.3) is 0 Å². The van der Waals surface area contributed by atoms with Gasteiger partial charge in [0.05, 0.1) is 44.5 Å². The number of hydrogen-bond donors (Lipinski definition) is 21. The second-order valence-corrected chi connectivity index (χ2v) is 20.7. The number of hydrogen-bond acceptors (Lipinski definition) is 38. The molecule has 0 amide bonds. The van der Waals surface area contributed by atoms with Crippen LogP contribution in [0, 0.1) is 0 Å². The third-order valence-electron chi connectivity index (χ3n) is 13.9. The van der Waals surface area contributed by atoms with Crippen molar-refractivity contribution in [2.75, 3.05) is 6.61 Å². The van der Waals surface area contributed by atoms with E-state index < -0.39 is 268 Å². The molecule has 0 radical (unpaired) electrons. The number of phenolic OH excluding ortho intramolecular Hbond substituents is 20. The Morgan fingerprint density at radius 1 is 0.260 bits per heavy atom. The van der Waals surface area contributed by atoms with Crippen molar-refractivity contribution in [3.63, 3.8) is 0 Å². The molecule has 0 spiro atoms. The normalized spacial score (nSPS) is 15.5. The quantitative estimate of drug-likeness (QED) is 0.0269. The van der Waals surface area contributed by atoms with Crippen molar-refractivity contribution in [3.8, 4) is 138 Å². The van der Waals surface area contributed by atoms with E-state index in [1.807, 2.05) is 0 Å². The van der Waals surface area contributed by atoms with E-state index in [4.69, 9.17) is 42.6 Å². The summed E-state index contributed by atoms with van der Waals surface area (Å²) in [4.78, 5) is 110. The van der Waals surface area contributed by atoms with E-state index in [1.54, 1.807) is 0 Å². The van der Waals surface area contributed by atoms with Crippen molar-refractivity contribution >= 4 is 47.8 Å². The molecule has 21 N–H and O–H groups in total. The Kier molecular flexibility index (Phi) is 19.1. The molecule has 5 atom stereocenters. The lowest BCUT2D eigenvalue weighted by atomic mass is 9.97. The van der Waals surface area contributed by atoms with Gasteiger partial charge in [0.1, 0.15) is 12.7 Å². The number of benzene rings is 8. The predicted octanol–water partition coefficient (Wildman–Crippen LogP) is 3.23. The van der Waals surface area contributed by atoms with E-state index in [0.717, 1.165) is 0 Å². The Hall–Kier alpha value is -14.6. The van der Waals surface area contributed by atoms with Crippen LogP contribution in [0.4, 0.5) is 0 Å². The highest BCUT2D eigenvalue weighted by molar-refractivity contribution is 5.99. The molecular formula is C62H44O38. The highest BCUT2D eigenvalue weighted by atomic mass is 16.7. The minimum atomic E-state index is -2.84. The SMILES string of the molecule is O=C(OC[C@H]1OC(O)[C@H](OC(=O)c2cc(O)c(O)c(OC(=O)c3cc(O)c(O)c(O)c3)c2)[C@@H](OC(=O)c2cc(O)c(O)c(OC(=O)c3cc(O)c(O)c(O)c3)c2)[C@@H]1OC(=O)c1cc(O)c(O)c(OC(=O)c2cc(O)c(O)c(O)c2)c1)c1cc(O)c(O)c(OC(=O)c2cc(O)c(O)c(O)c2)c1. The zero-order valence-corrected chi connectivity index (χ0v) is 49.2. The average molecular weight is 1400 g/mol. The van der Waals surface area contributed by atoms with Crippen LogP contribution in [0.15, 0.2) is 97.1 Å². The Labute approximate surface area is 551 Å². The Balaban J connectivity index is 1.13. The largest absolute Gasteiger partial charge is 0.504 e. The molecule has 1 fully saturated rings. The van der Waals surface area contributed by atoms with Crippen molar-refractivity contribution in [3.05, 3.63) is 142 Å².